The van der Waals surface area contributed by atoms with Crippen molar-refractivity contribution in [3.63, 3.8) is 0 Å². The lowest BCUT2D eigenvalue weighted by Crippen LogP contribution is -2.39. The van der Waals surface area contributed by atoms with Crippen molar-refractivity contribution < 1.29 is 19.1 Å². The van der Waals surface area contributed by atoms with Gasteiger partial charge in [-0.2, -0.15) is 5.10 Å². The Labute approximate surface area is 189 Å². The lowest BCUT2D eigenvalue weighted by Gasteiger charge is -2.31. The van der Waals surface area contributed by atoms with Gasteiger partial charge in [-0.1, -0.05) is 30.3 Å². The van der Waals surface area contributed by atoms with E-state index in [0.29, 0.717) is 32.8 Å². The van der Waals surface area contributed by atoms with E-state index in [1.807, 2.05) is 55.8 Å². The fourth-order valence-corrected chi connectivity index (χ4v) is 4.13. The maximum atomic E-state index is 12.4. The Morgan fingerprint density at radius 1 is 1.03 bits per heavy atom. The third-order valence-electron chi connectivity index (χ3n) is 5.83. The third kappa shape index (κ3) is 5.41. The summed E-state index contributed by atoms with van der Waals surface area (Å²) >= 11 is 0. The fourth-order valence-electron chi connectivity index (χ4n) is 4.13. The standard InChI is InChI=1S/C24H32N4O4/c1-24(2,3)32-23(30)27-14-11-21-19(15-27)16-28(25-21)20-9-12-26(13-10-20)22(29)31-17-18-7-5-4-6-8-18/h4-8,16,20H,9-15,17H2,1-3H3. The van der Waals surface area contributed by atoms with E-state index in [9.17, 15) is 9.59 Å². The summed E-state index contributed by atoms with van der Waals surface area (Å²) in [4.78, 5) is 28.3. The van der Waals surface area contributed by atoms with Crippen molar-refractivity contribution >= 4 is 12.2 Å². The number of fused-ring (bicyclic) bond motifs is 1. The van der Waals surface area contributed by atoms with Gasteiger partial charge in [0.1, 0.15) is 12.2 Å². The molecule has 0 aliphatic carbocycles. The van der Waals surface area contributed by atoms with Crippen LogP contribution in [0.1, 0.15) is 56.5 Å². The number of likely N-dealkylation sites (tertiary alicyclic amines) is 1. The molecule has 0 N–H and O–H groups in total. The van der Waals surface area contributed by atoms with Gasteiger partial charge in [-0.25, -0.2) is 9.59 Å². The molecule has 0 spiro atoms. The van der Waals surface area contributed by atoms with Crippen molar-refractivity contribution in [3.05, 3.63) is 53.3 Å². The molecule has 3 heterocycles. The number of hydrogen-bond donors (Lipinski definition) is 0. The van der Waals surface area contributed by atoms with Gasteiger partial charge in [0.15, 0.2) is 0 Å². The molecule has 8 nitrogen and oxygen atoms in total. The van der Waals surface area contributed by atoms with Gasteiger partial charge in [0.2, 0.25) is 0 Å². The number of piperidine rings is 1. The Balaban J connectivity index is 1.28. The summed E-state index contributed by atoms with van der Waals surface area (Å²) in [6.07, 6.45) is 3.90. The first-order valence-corrected chi connectivity index (χ1v) is 11.3. The smallest absolute Gasteiger partial charge is 0.410 e. The van der Waals surface area contributed by atoms with Crippen LogP contribution in [0.5, 0.6) is 0 Å². The van der Waals surface area contributed by atoms with Gasteiger partial charge in [0.05, 0.1) is 18.3 Å². The van der Waals surface area contributed by atoms with E-state index in [4.69, 9.17) is 14.6 Å². The molecule has 1 fully saturated rings. The molecule has 0 radical (unpaired) electrons. The number of rotatable bonds is 3. The molecular formula is C24H32N4O4. The Morgan fingerprint density at radius 3 is 2.44 bits per heavy atom. The van der Waals surface area contributed by atoms with E-state index in [2.05, 4.69) is 6.20 Å². The molecule has 2 amide bonds. The second-order valence-corrected chi connectivity index (χ2v) is 9.49. The van der Waals surface area contributed by atoms with Gasteiger partial charge >= 0.3 is 12.2 Å². The van der Waals surface area contributed by atoms with Crippen LogP contribution in [0.2, 0.25) is 0 Å². The first kappa shape index (κ1) is 22.2. The summed E-state index contributed by atoms with van der Waals surface area (Å²) in [6, 6.07) is 9.95. The Morgan fingerprint density at radius 2 is 1.75 bits per heavy atom. The first-order chi connectivity index (χ1) is 15.3. The maximum Gasteiger partial charge on any atom is 0.410 e. The minimum atomic E-state index is -0.502. The highest BCUT2D eigenvalue weighted by atomic mass is 16.6. The van der Waals surface area contributed by atoms with Gasteiger partial charge in [-0.05, 0) is 39.2 Å². The molecule has 0 bridgehead atoms. The molecule has 0 unspecified atom stereocenters. The summed E-state index contributed by atoms with van der Waals surface area (Å²) in [5.41, 5.74) is 2.61. The van der Waals surface area contributed by atoms with Crippen molar-refractivity contribution in [2.75, 3.05) is 19.6 Å². The second kappa shape index (κ2) is 9.22. The van der Waals surface area contributed by atoms with Gasteiger partial charge in [-0.15, -0.1) is 0 Å². The van der Waals surface area contributed by atoms with Crippen LogP contribution in [0, 0.1) is 0 Å². The topological polar surface area (TPSA) is 76.9 Å². The second-order valence-electron chi connectivity index (χ2n) is 9.49. The summed E-state index contributed by atoms with van der Waals surface area (Å²) in [6.45, 7) is 8.35. The molecule has 0 saturated carbocycles. The van der Waals surface area contributed by atoms with Crippen LogP contribution in [0.4, 0.5) is 9.59 Å². The number of carbonyl (C=O) groups is 2. The zero-order valence-electron chi connectivity index (χ0n) is 19.1. The fraction of sp³-hybridized carbons (Fsp3) is 0.542. The molecule has 1 saturated heterocycles. The van der Waals surface area contributed by atoms with Gasteiger partial charge in [0.25, 0.3) is 0 Å². The summed E-state index contributed by atoms with van der Waals surface area (Å²) in [5, 5.41) is 4.79. The lowest BCUT2D eigenvalue weighted by atomic mass is 10.1. The predicted molar refractivity (Wildman–Crippen MR) is 119 cm³/mol. The van der Waals surface area contributed by atoms with E-state index >= 15 is 0 Å². The van der Waals surface area contributed by atoms with Crippen LogP contribution < -0.4 is 0 Å². The zero-order valence-corrected chi connectivity index (χ0v) is 19.1. The molecule has 1 aromatic carbocycles. The van der Waals surface area contributed by atoms with Crippen LogP contribution in [0.15, 0.2) is 36.5 Å². The van der Waals surface area contributed by atoms with Crippen molar-refractivity contribution in [1.82, 2.24) is 19.6 Å². The van der Waals surface area contributed by atoms with E-state index in [-0.39, 0.29) is 18.2 Å². The maximum absolute atomic E-state index is 12.4. The van der Waals surface area contributed by atoms with E-state index < -0.39 is 5.60 Å². The highest BCUT2D eigenvalue weighted by molar-refractivity contribution is 5.68. The van der Waals surface area contributed by atoms with Gasteiger partial charge < -0.3 is 19.3 Å². The van der Waals surface area contributed by atoms with Crippen LogP contribution in [-0.4, -0.2) is 57.0 Å². The highest BCUT2D eigenvalue weighted by Crippen LogP contribution is 2.26. The van der Waals surface area contributed by atoms with Crippen LogP contribution in [-0.2, 0) is 29.0 Å². The summed E-state index contributed by atoms with van der Waals surface area (Å²) < 4.78 is 13.0. The molecule has 2 aliphatic heterocycles. The van der Waals surface area contributed by atoms with E-state index in [0.717, 1.165) is 36.1 Å². The predicted octanol–water partition coefficient (Wildman–Crippen LogP) is 4.15. The molecule has 8 heteroatoms. The number of hydrogen-bond acceptors (Lipinski definition) is 5. The molecule has 2 aliphatic rings. The Bertz CT molecular complexity index is 943. The third-order valence-corrected chi connectivity index (χ3v) is 5.83. The Hall–Kier alpha value is -3.03. The molecule has 2 aromatic rings. The SMILES string of the molecule is CC(C)(C)OC(=O)N1CCc2nn(C3CCN(C(=O)OCc4ccccc4)CC3)cc2C1. The summed E-state index contributed by atoms with van der Waals surface area (Å²) in [5.74, 6) is 0. The van der Waals surface area contributed by atoms with Gasteiger partial charge in [-0.3, -0.25) is 4.68 Å². The van der Waals surface area contributed by atoms with Crippen molar-refractivity contribution in [1.29, 1.82) is 0 Å². The Kier molecular flexibility index (Phi) is 6.39. The van der Waals surface area contributed by atoms with Crippen molar-refractivity contribution in [2.24, 2.45) is 0 Å². The molecule has 4 rings (SSSR count). The van der Waals surface area contributed by atoms with Crippen LogP contribution >= 0.6 is 0 Å². The van der Waals surface area contributed by atoms with Crippen LogP contribution in [0.25, 0.3) is 0 Å². The average molecular weight is 441 g/mol. The number of amides is 2. The molecule has 32 heavy (non-hydrogen) atoms. The average Bonchev–Trinajstić information content (AvgIpc) is 3.20. The molecular weight excluding hydrogens is 408 g/mol. The van der Waals surface area contributed by atoms with Crippen molar-refractivity contribution in [3.8, 4) is 0 Å². The molecule has 1 aromatic heterocycles. The number of carbonyl (C=O) groups excluding carboxylic acids is 2. The van der Waals surface area contributed by atoms with Crippen LogP contribution in [0.3, 0.4) is 0 Å². The summed E-state index contributed by atoms with van der Waals surface area (Å²) in [7, 11) is 0. The molecule has 0 atom stereocenters. The minimum absolute atomic E-state index is 0.244. The number of ether oxygens (including phenoxy) is 2. The van der Waals surface area contributed by atoms with Crippen molar-refractivity contribution in [2.45, 2.75) is 64.8 Å². The van der Waals surface area contributed by atoms with E-state index in [1.165, 1.54) is 0 Å². The monoisotopic (exact) mass is 440 g/mol. The van der Waals surface area contributed by atoms with E-state index in [1.54, 1.807) is 9.80 Å². The minimum Gasteiger partial charge on any atom is -0.445 e. The molecule has 172 valence electrons. The first-order valence-electron chi connectivity index (χ1n) is 11.3. The normalized spacial score (nSPS) is 17.1. The number of nitrogens with zero attached hydrogens (tertiary/aromatic N) is 4. The zero-order chi connectivity index (χ0) is 22.7. The van der Waals surface area contributed by atoms with Gasteiger partial charge in [0, 0.05) is 37.8 Å². The number of benzene rings is 1. The lowest BCUT2D eigenvalue weighted by molar-refractivity contribution is 0.0223. The largest absolute Gasteiger partial charge is 0.445 e. The quantitative estimate of drug-likeness (QED) is 0.717. The highest BCUT2D eigenvalue weighted by Gasteiger charge is 2.30. The number of aromatic nitrogens is 2.